The summed E-state index contributed by atoms with van der Waals surface area (Å²) in [5.41, 5.74) is 7.81. The van der Waals surface area contributed by atoms with Crippen LogP contribution in [0.3, 0.4) is 0 Å². The average molecular weight is 720 g/mol. The molecule has 1 heterocycles. The predicted octanol–water partition coefficient (Wildman–Crippen LogP) is 2.42. The van der Waals surface area contributed by atoms with Crippen LogP contribution in [0.25, 0.3) is 11.3 Å². The number of hydrogen-bond donors (Lipinski definition) is 7. The quantitative estimate of drug-likeness (QED) is 0.115. The molecule has 52 heavy (non-hydrogen) atoms. The number of hydrogen-bond acceptors (Lipinski definition) is 9. The molecule has 15 nitrogen and oxygen atoms in total. The molecule has 1 aromatic heterocycles. The maximum absolute atomic E-state index is 13.8. The molecule has 0 saturated heterocycles. The lowest BCUT2D eigenvalue weighted by molar-refractivity contribution is -0.127. The molecule has 0 bridgehead atoms. The number of benzene rings is 2. The van der Waals surface area contributed by atoms with Crippen LogP contribution in [0.4, 0.5) is 14.4 Å². The second-order valence-corrected chi connectivity index (χ2v) is 13.3. The van der Waals surface area contributed by atoms with Gasteiger partial charge in [0.15, 0.2) is 0 Å². The Bertz CT molecular complexity index is 1620. The Kier molecular flexibility index (Phi) is 15.4. The van der Waals surface area contributed by atoms with Gasteiger partial charge >= 0.3 is 18.2 Å². The minimum Gasteiger partial charge on any atom is -0.453 e. The van der Waals surface area contributed by atoms with Crippen LogP contribution in [0, 0.1) is 5.41 Å². The van der Waals surface area contributed by atoms with Gasteiger partial charge in [0.25, 0.3) is 0 Å². The number of nitrogens with zero attached hydrogens (tertiary/aromatic N) is 1. The van der Waals surface area contributed by atoms with E-state index in [2.05, 4.69) is 36.3 Å². The van der Waals surface area contributed by atoms with Crippen molar-refractivity contribution in [3.8, 4) is 11.3 Å². The Balaban J connectivity index is 1.94. The van der Waals surface area contributed by atoms with Crippen molar-refractivity contribution in [2.45, 2.75) is 70.3 Å². The van der Waals surface area contributed by atoms with E-state index in [1.54, 1.807) is 27.0 Å². The molecule has 0 aliphatic carbocycles. The molecule has 6 amide bonds. The lowest BCUT2D eigenvalue weighted by Gasteiger charge is -2.33. The van der Waals surface area contributed by atoms with Gasteiger partial charge in [-0.3, -0.25) is 14.6 Å². The monoisotopic (exact) mass is 719 g/mol. The summed E-state index contributed by atoms with van der Waals surface area (Å²) >= 11 is 0. The van der Waals surface area contributed by atoms with Crippen molar-refractivity contribution in [2.75, 3.05) is 20.8 Å². The Morgan fingerprint density at radius 3 is 1.96 bits per heavy atom. The predicted molar refractivity (Wildman–Crippen MR) is 194 cm³/mol. The summed E-state index contributed by atoms with van der Waals surface area (Å²) in [7, 11) is 2.33. The van der Waals surface area contributed by atoms with E-state index in [4.69, 9.17) is 10.5 Å². The van der Waals surface area contributed by atoms with Crippen molar-refractivity contribution in [2.24, 2.45) is 11.1 Å². The number of alkyl carbamates (subject to hydrolysis) is 2. The van der Waals surface area contributed by atoms with Crippen molar-refractivity contribution >= 4 is 30.0 Å². The number of ether oxygens (including phenoxy) is 2. The molecular formula is C37H49N7O8. The Labute approximate surface area is 303 Å². The van der Waals surface area contributed by atoms with E-state index in [9.17, 15) is 29.1 Å². The smallest absolute Gasteiger partial charge is 0.407 e. The Hall–Kier alpha value is -5.70. The lowest BCUT2D eigenvalue weighted by atomic mass is 9.85. The number of pyridine rings is 1. The first kappa shape index (κ1) is 40.7. The number of rotatable bonds is 16. The van der Waals surface area contributed by atoms with Crippen LogP contribution in [0.5, 0.6) is 0 Å². The number of aliphatic hydroxyl groups excluding tert-OH is 1. The molecule has 0 aliphatic heterocycles. The van der Waals surface area contributed by atoms with Crippen LogP contribution in [0.2, 0.25) is 0 Å². The topological polar surface area (TPSA) is 223 Å². The fourth-order valence-corrected chi connectivity index (χ4v) is 5.46. The van der Waals surface area contributed by atoms with E-state index in [0.29, 0.717) is 0 Å². The van der Waals surface area contributed by atoms with E-state index >= 15 is 0 Å². The SMILES string of the molecule is COC(=O)N[C@@H](CNC(N)=O)C(=O)N[C@@H](Cc1ccccc1)[C@@H](O)C[C@H](Cc1ccc(-c2ccccn2)cc1)NC(=O)[C@@H](NC(=O)OC)C(C)(C)C. The summed E-state index contributed by atoms with van der Waals surface area (Å²) in [4.78, 5) is 67.4. The maximum atomic E-state index is 13.8. The molecule has 0 radical (unpaired) electrons. The molecule has 0 unspecified atom stereocenters. The zero-order valence-corrected chi connectivity index (χ0v) is 30.1. The number of primary amides is 1. The van der Waals surface area contributed by atoms with Crippen LogP contribution < -0.4 is 32.3 Å². The maximum Gasteiger partial charge on any atom is 0.407 e. The normalized spacial score (nSPS) is 14.0. The zero-order chi connectivity index (χ0) is 38.3. The van der Waals surface area contributed by atoms with Crippen molar-refractivity contribution in [3.05, 3.63) is 90.1 Å². The van der Waals surface area contributed by atoms with Gasteiger partial charge in [-0.15, -0.1) is 0 Å². The highest BCUT2D eigenvalue weighted by atomic mass is 16.5. The van der Waals surface area contributed by atoms with Gasteiger partial charge < -0.3 is 46.9 Å². The highest BCUT2D eigenvalue weighted by Crippen LogP contribution is 2.22. The number of carbonyl (C=O) groups excluding carboxylic acids is 5. The second kappa shape index (κ2) is 19.6. The third-order valence-electron chi connectivity index (χ3n) is 8.21. The van der Waals surface area contributed by atoms with Crippen molar-refractivity contribution in [3.63, 3.8) is 0 Å². The molecule has 0 saturated carbocycles. The van der Waals surface area contributed by atoms with Gasteiger partial charge in [-0.05, 0) is 47.9 Å². The van der Waals surface area contributed by atoms with Crippen molar-refractivity contribution in [1.82, 2.24) is 31.6 Å². The number of carbonyl (C=O) groups is 5. The number of nitrogens with two attached hydrogens (primary N) is 1. The van der Waals surface area contributed by atoms with Crippen LogP contribution in [-0.2, 0) is 31.9 Å². The first-order chi connectivity index (χ1) is 24.7. The van der Waals surface area contributed by atoms with Crippen LogP contribution >= 0.6 is 0 Å². The summed E-state index contributed by atoms with van der Waals surface area (Å²) in [5, 5.41) is 24.9. The second-order valence-electron chi connectivity index (χ2n) is 13.3. The largest absolute Gasteiger partial charge is 0.453 e. The van der Waals surface area contributed by atoms with E-state index < -0.39 is 65.7 Å². The first-order valence-corrected chi connectivity index (χ1v) is 16.8. The Morgan fingerprint density at radius 1 is 0.769 bits per heavy atom. The molecule has 0 fully saturated rings. The third-order valence-corrected chi connectivity index (χ3v) is 8.21. The molecule has 15 heteroatoms. The van der Waals surface area contributed by atoms with Crippen molar-refractivity contribution < 1.29 is 38.6 Å². The molecule has 0 aliphatic rings. The van der Waals surface area contributed by atoms with E-state index in [1.807, 2.05) is 72.8 Å². The van der Waals surface area contributed by atoms with Gasteiger partial charge in [0, 0.05) is 24.3 Å². The zero-order valence-electron chi connectivity index (χ0n) is 30.1. The number of methoxy groups -OCH3 is 2. The number of urea groups is 1. The molecular weight excluding hydrogens is 670 g/mol. The Morgan fingerprint density at radius 2 is 1.38 bits per heavy atom. The number of aliphatic hydroxyl groups is 1. The molecule has 2 aromatic carbocycles. The molecule has 3 aromatic rings. The third kappa shape index (κ3) is 13.2. The van der Waals surface area contributed by atoms with Gasteiger partial charge in [0.1, 0.15) is 12.1 Å². The summed E-state index contributed by atoms with van der Waals surface area (Å²) in [6.07, 6.45) is -0.809. The molecule has 5 atom stereocenters. The fourth-order valence-electron chi connectivity index (χ4n) is 5.46. The average Bonchev–Trinajstić information content (AvgIpc) is 3.12. The first-order valence-electron chi connectivity index (χ1n) is 16.8. The van der Waals surface area contributed by atoms with Crippen LogP contribution in [-0.4, -0.2) is 91.2 Å². The molecule has 280 valence electrons. The van der Waals surface area contributed by atoms with Gasteiger partial charge in [0.2, 0.25) is 11.8 Å². The van der Waals surface area contributed by atoms with E-state index in [0.717, 1.165) is 29.5 Å². The van der Waals surface area contributed by atoms with Gasteiger partial charge in [-0.25, -0.2) is 14.4 Å². The number of amides is 6. The fraction of sp³-hybridized carbons (Fsp3) is 0.405. The number of nitrogens with one attached hydrogen (secondary N) is 5. The highest BCUT2D eigenvalue weighted by molar-refractivity contribution is 5.87. The van der Waals surface area contributed by atoms with Gasteiger partial charge in [-0.1, -0.05) is 81.4 Å². The summed E-state index contributed by atoms with van der Waals surface area (Å²) in [5.74, 6) is -1.22. The van der Waals surface area contributed by atoms with E-state index in [-0.39, 0.29) is 25.8 Å². The van der Waals surface area contributed by atoms with Crippen molar-refractivity contribution in [1.29, 1.82) is 0 Å². The molecule has 8 N–H and O–H groups in total. The highest BCUT2D eigenvalue weighted by Gasteiger charge is 2.35. The minimum atomic E-state index is -1.30. The van der Waals surface area contributed by atoms with Crippen LogP contribution in [0.1, 0.15) is 38.3 Å². The minimum absolute atomic E-state index is 0.0325. The van der Waals surface area contributed by atoms with E-state index in [1.165, 1.54) is 7.11 Å². The van der Waals surface area contributed by atoms with Gasteiger partial charge in [0.05, 0.1) is 32.1 Å². The molecule has 3 rings (SSSR count). The van der Waals surface area contributed by atoms with Crippen LogP contribution in [0.15, 0.2) is 79.0 Å². The standard InChI is InChI=1S/C37H49N7O8/c1-37(2,3)31(44-36(50)52-5)33(47)41-26(19-24-14-16-25(17-15-24)27-13-9-10-18-39-27)21-30(45)28(20-23-11-7-6-8-12-23)42-32(46)29(22-40-34(38)48)43-35(49)51-4/h6-18,26,28-31,45H,19-22H2,1-5H3,(H,41,47)(H,42,46)(H,43,49)(H,44,50)(H3,38,40,48)/t26-,28-,29-,30-,31+/m0/s1. The summed E-state index contributed by atoms with van der Waals surface area (Å²) < 4.78 is 9.40. The summed E-state index contributed by atoms with van der Waals surface area (Å²) in [6.45, 7) is 5.04. The van der Waals surface area contributed by atoms with Gasteiger partial charge in [-0.2, -0.15) is 0 Å². The molecule has 0 spiro atoms. The summed E-state index contributed by atoms with van der Waals surface area (Å²) in [6, 6.07) is 17.6. The number of aromatic nitrogens is 1. The lowest BCUT2D eigenvalue weighted by Crippen LogP contribution is -2.58.